The van der Waals surface area contributed by atoms with Crippen LogP contribution in [0.5, 0.6) is 11.5 Å². The van der Waals surface area contributed by atoms with Crippen molar-refractivity contribution in [3.8, 4) is 11.5 Å². The molecule has 1 N–H and O–H groups in total. The van der Waals surface area contributed by atoms with Gasteiger partial charge in [-0.1, -0.05) is 52.3 Å². The number of benzene rings is 3. The van der Waals surface area contributed by atoms with E-state index in [2.05, 4.69) is 21.2 Å². The SMILES string of the molecule is O=C(Nc1cccc(Br)c1)c1ccccc1OCCOc1ccccc1. The number of carbonyl (C=O) groups excluding carboxylic acids is 1. The standard InChI is InChI=1S/C21H18BrNO3/c22-16-7-6-8-17(15-16)23-21(24)19-11-4-5-12-20(19)26-14-13-25-18-9-2-1-3-10-18/h1-12,15H,13-14H2,(H,23,24). The van der Waals surface area contributed by atoms with Gasteiger partial charge in [0.2, 0.25) is 0 Å². The van der Waals surface area contributed by atoms with Crippen LogP contribution in [0.15, 0.2) is 83.3 Å². The van der Waals surface area contributed by atoms with E-state index in [4.69, 9.17) is 9.47 Å². The molecule has 0 atom stereocenters. The van der Waals surface area contributed by atoms with Gasteiger partial charge in [0.1, 0.15) is 24.7 Å². The van der Waals surface area contributed by atoms with E-state index in [1.807, 2.05) is 66.7 Å². The normalized spacial score (nSPS) is 10.2. The van der Waals surface area contributed by atoms with Gasteiger partial charge in [-0.15, -0.1) is 0 Å². The summed E-state index contributed by atoms with van der Waals surface area (Å²) >= 11 is 3.39. The van der Waals surface area contributed by atoms with E-state index >= 15 is 0 Å². The van der Waals surface area contributed by atoms with Gasteiger partial charge in [0, 0.05) is 10.2 Å². The van der Waals surface area contributed by atoms with Crippen molar-refractivity contribution in [1.82, 2.24) is 0 Å². The lowest BCUT2D eigenvalue weighted by Gasteiger charge is -2.12. The lowest BCUT2D eigenvalue weighted by Crippen LogP contribution is -2.15. The summed E-state index contributed by atoms with van der Waals surface area (Å²) in [6, 6.07) is 24.1. The zero-order chi connectivity index (χ0) is 18.2. The minimum atomic E-state index is -0.220. The van der Waals surface area contributed by atoms with Gasteiger partial charge in [0.25, 0.3) is 5.91 Å². The van der Waals surface area contributed by atoms with E-state index in [-0.39, 0.29) is 5.91 Å². The topological polar surface area (TPSA) is 47.6 Å². The molecule has 132 valence electrons. The Hall–Kier alpha value is -2.79. The Labute approximate surface area is 160 Å². The molecule has 5 heteroatoms. The molecule has 0 aliphatic rings. The Morgan fingerprint density at radius 1 is 0.846 bits per heavy atom. The van der Waals surface area contributed by atoms with E-state index < -0.39 is 0 Å². The number of hydrogen-bond acceptors (Lipinski definition) is 3. The fourth-order valence-electron chi connectivity index (χ4n) is 2.37. The molecule has 0 aromatic heterocycles. The molecule has 0 radical (unpaired) electrons. The second-order valence-electron chi connectivity index (χ2n) is 5.47. The molecule has 4 nitrogen and oxygen atoms in total. The number of amides is 1. The second kappa shape index (κ2) is 9.06. The van der Waals surface area contributed by atoms with Crippen LogP contribution in [0.25, 0.3) is 0 Å². The lowest BCUT2D eigenvalue weighted by molar-refractivity contribution is 0.102. The molecule has 0 aliphatic carbocycles. The lowest BCUT2D eigenvalue weighted by atomic mass is 10.2. The van der Waals surface area contributed by atoms with Crippen LogP contribution >= 0.6 is 15.9 Å². The number of ether oxygens (including phenoxy) is 2. The Balaban J connectivity index is 1.59. The summed E-state index contributed by atoms with van der Waals surface area (Å²) < 4.78 is 12.3. The average molecular weight is 412 g/mol. The van der Waals surface area contributed by atoms with Crippen molar-refractivity contribution in [1.29, 1.82) is 0 Å². The van der Waals surface area contributed by atoms with E-state index in [1.54, 1.807) is 12.1 Å². The molecule has 1 amide bonds. The summed E-state index contributed by atoms with van der Waals surface area (Å²) in [6.45, 7) is 0.738. The predicted octanol–water partition coefficient (Wildman–Crippen LogP) is 5.16. The average Bonchev–Trinajstić information content (AvgIpc) is 2.66. The smallest absolute Gasteiger partial charge is 0.259 e. The Kier molecular flexibility index (Phi) is 6.28. The minimum absolute atomic E-state index is 0.220. The van der Waals surface area contributed by atoms with Crippen molar-refractivity contribution >= 4 is 27.5 Å². The monoisotopic (exact) mass is 411 g/mol. The van der Waals surface area contributed by atoms with Crippen LogP contribution in [0, 0.1) is 0 Å². The molecule has 0 spiro atoms. The van der Waals surface area contributed by atoms with Crippen LogP contribution in [-0.2, 0) is 0 Å². The molecule has 0 saturated carbocycles. The molecule has 0 aliphatic heterocycles. The van der Waals surface area contributed by atoms with Crippen LogP contribution < -0.4 is 14.8 Å². The fourth-order valence-corrected chi connectivity index (χ4v) is 2.77. The number of nitrogens with one attached hydrogen (secondary N) is 1. The highest BCUT2D eigenvalue weighted by atomic mass is 79.9. The molecule has 26 heavy (non-hydrogen) atoms. The first-order valence-corrected chi connectivity index (χ1v) is 8.98. The highest BCUT2D eigenvalue weighted by molar-refractivity contribution is 9.10. The van der Waals surface area contributed by atoms with E-state index in [0.29, 0.717) is 30.2 Å². The van der Waals surface area contributed by atoms with Crippen molar-refractivity contribution in [3.05, 3.63) is 88.9 Å². The van der Waals surface area contributed by atoms with Gasteiger partial charge >= 0.3 is 0 Å². The third-order valence-corrected chi connectivity index (χ3v) is 4.06. The third-order valence-electron chi connectivity index (χ3n) is 3.57. The summed E-state index contributed by atoms with van der Waals surface area (Å²) in [5.74, 6) is 1.09. The van der Waals surface area contributed by atoms with Crippen molar-refractivity contribution in [2.75, 3.05) is 18.5 Å². The Morgan fingerprint density at radius 2 is 1.58 bits per heavy atom. The minimum Gasteiger partial charge on any atom is -0.490 e. The number of hydrogen-bond donors (Lipinski definition) is 1. The third kappa shape index (κ3) is 5.10. The van der Waals surface area contributed by atoms with Crippen molar-refractivity contribution in [2.45, 2.75) is 0 Å². The summed E-state index contributed by atoms with van der Waals surface area (Å²) in [4.78, 5) is 12.6. The zero-order valence-electron chi connectivity index (χ0n) is 14.0. The molecule has 3 aromatic carbocycles. The van der Waals surface area contributed by atoms with Crippen LogP contribution in [0.3, 0.4) is 0 Å². The fraction of sp³-hybridized carbons (Fsp3) is 0.0952. The van der Waals surface area contributed by atoms with Gasteiger partial charge in [-0.05, 0) is 42.5 Å². The number of rotatable bonds is 7. The summed E-state index contributed by atoms with van der Waals surface area (Å²) in [6.07, 6.45) is 0. The Morgan fingerprint density at radius 3 is 2.38 bits per heavy atom. The highest BCUT2D eigenvalue weighted by Gasteiger charge is 2.12. The van der Waals surface area contributed by atoms with Crippen molar-refractivity contribution in [2.24, 2.45) is 0 Å². The van der Waals surface area contributed by atoms with E-state index in [1.165, 1.54) is 0 Å². The van der Waals surface area contributed by atoms with Gasteiger partial charge in [-0.2, -0.15) is 0 Å². The maximum atomic E-state index is 12.6. The first-order valence-electron chi connectivity index (χ1n) is 8.19. The van der Waals surface area contributed by atoms with Crippen LogP contribution in [0.2, 0.25) is 0 Å². The Bertz CT molecular complexity index is 868. The molecule has 0 bridgehead atoms. The van der Waals surface area contributed by atoms with Gasteiger partial charge in [-0.25, -0.2) is 0 Å². The first kappa shape index (κ1) is 18.0. The molecule has 0 saturated heterocycles. The number of carbonyl (C=O) groups is 1. The largest absolute Gasteiger partial charge is 0.490 e. The maximum Gasteiger partial charge on any atom is 0.259 e. The van der Waals surface area contributed by atoms with Gasteiger partial charge in [-0.3, -0.25) is 4.79 Å². The summed E-state index contributed by atoms with van der Waals surface area (Å²) in [7, 11) is 0. The molecular formula is C21H18BrNO3. The molecule has 3 rings (SSSR count). The van der Waals surface area contributed by atoms with E-state index in [9.17, 15) is 4.79 Å². The second-order valence-corrected chi connectivity index (χ2v) is 6.39. The summed E-state index contributed by atoms with van der Waals surface area (Å²) in [5, 5.41) is 2.88. The quantitative estimate of drug-likeness (QED) is 0.546. The van der Waals surface area contributed by atoms with Crippen LogP contribution in [0.1, 0.15) is 10.4 Å². The van der Waals surface area contributed by atoms with Crippen LogP contribution in [-0.4, -0.2) is 19.1 Å². The van der Waals surface area contributed by atoms with Crippen molar-refractivity contribution in [3.63, 3.8) is 0 Å². The highest BCUT2D eigenvalue weighted by Crippen LogP contribution is 2.21. The van der Waals surface area contributed by atoms with Gasteiger partial charge < -0.3 is 14.8 Å². The first-order chi connectivity index (χ1) is 12.7. The van der Waals surface area contributed by atoms with Gasteiger partial charge in [0.15, 0.2) is 0 Å². The number of anilines is 1. The van der Waals surface area contributed by atoms with Crippen LogP contribution in [0.4, 0.5) is 5.69 Å². The maximum absolute atomic E-state index is 12.6. The summed E-state index contributed by atoms with van der Waals surface area (Å²) in [5.41, 5.74) is 1.19. The molecule has 0 fully saturated rings. The number of para-hydroxylation sites is 2. The predicted molar refractivity (Wildman–Crippen MR) is 106 cm³/mol. The zero-order valence-corrected chi connectivity index (χ0v) is 15.6. The molecule has 0 unspecified atom stereocenters. The van der Waals surface area contributed by atoms with Gasteiger partial charge in [0.05, 0.1) is 5.56 Å². The molecule has 3 aromatic rings. The molecular weight excluding hydrogens is 394 g/mol. The van der Waals surface area contributed by atoms with E-state index in [0.717, 1.165) is 10.2 Å². The molecule has 0 heterocycles. The number of halogens is 1. The van der Waals surface area contributed by atoms with Crippen molar-refractivity contribution < 1.29 is 14.3 Å².